The van der Waals surface area contributed by atoms with Crippen LogP contribution in [0.15, 0.2) is 54.6 Å². The molecule has 8 heteroatoms. The van der Waals surface area contributed by atoms with Crippen LogP contribution in [0.3, 0.4) is 0 Å². The van der Waals surface area contributed by atoms with Gasteiger partial charge in [-0.25, -0.2) is 4.79 Å². The molecule has 2 aliphatic heterocycles. The first kappa shape index (κ1) is 25.9. The van der Waals surface area contributed by atoms with Crippen molar-refractivity contribution in [2.45, 2.75) is 39.3 Å². The topological polar surface area (TPSA) is 89.0 Å². The molecule has 0 aliphatic carbocycles. The zero-order valence-corrected chi connectivity index (χ0v) is 21.7. The maximum absolute atomic E-state index is 13.5. The number of benzene rings is 2. The van der Waals surface area contributed by atoms with Crippen LogP contribution < -0.4 is 0 Å². The van der Waals surface area contributed by atoms with Crippen molar-refractivity contribution in [3.05, 3.63) is 77.0 Å². The largest absolute Gasteiger partial charge is 0.466 e. The molecule has 1 unspecified atom stereocenters. The van der Waals surface area contributed by atoms with E-state index in [0.29, 0.717) is 38.1 Å². The molecule has 1 saturated heterocycles. The third-order valence-electron chi connectivity index (χ3n) is 7.30. The van der Waals surface area contributed by atoms with Crippen molar-refractivity contribution >= 4 is 28.7 Å². The summed E-state index contributed by atoms with van der Waals surface area (Å²) >= 11 is 0. The zero-order valence-electron chi connectivity index (χ0n) is 21.7. The SMILES string of the molecule is CCOC(=O)C1CCCN(C(=O)COC(=O)c2c3c(nc4ccccc24)CCN(Cc2ccccc2)C3)C1. The molecule has 8 nitrogen and oxygen atoms in total. The number of nitrogens with zero attached hydrogens (tertiary/aromatic N) is 3. The van der Waals surface area contributed by atoms with Crippen LogP contribution in [-0.4, -0.2) is 65.5 Å². The molecule has 1 fully saturated rings. The van der Waals surface area contributed by atoms with Crippen LogP contribution in [-0.2, 0) is 38.6 Å². The summed E-state index contributed by atoms with van der Waals surface area (Å²) in [6, 6.07) is 17.8. The van der Waals surface area contributed by atoms with Crippen LogP contribution in [0.5, 0.6) is 0 Å². The summed E-state index contributed by atoms with van der Waals surface area (Å²) in [6.45, 7) is 4.74. The number of para-hydroxylation sites is 1. The molecular formula is C30H33N3O5. The molecule has 2 aromatic carbocycles. The molecule has 0 radical (unpaired) electrons. The first-order valence-corrected chi connectivity index (χ1v) is 13.3. The minimum absolute atomic E-state index is 0.281. The minimum Gasteiger partial charge on any atom is -0.466 e. The Morgan fingerprint density at radius 1 is 1.00 bits per heavy atom. The van der Waals surface area contributed by atoms with Gasteiger partial charge >= 0.3 is 11.9 Å². The van der Waals surface area contributed by atoms with Crippen molar-refractivity contribution in [3.63, 3.8) is 0 Å². The first-order valence-electron chi connectivity index (χ1n) is 13.3. The molecule has 0 N–H and O–H groups in total. The molecule has 1 aromatic heterocycles. The fraction of sp³-hybridized carbons (Fsp3) is 0.400. The molecule has 3 aromatic rings. The van der Waals surface area contributed by atoms with Crippen LogP contribution in [0.4, 0.5) is 0 Å². The second kappa shape index (κ2) is 11.7. The molecule has 0 saturated carbocycles. The van der Waals surface area contributed by atoms with Crippen molar-refractivity contribution in [2.24, 2.45) is 5.92 Å². The highest BCUT2D eigenvalue weighted by molar-refractivity contribution is 6.05. The number of amides is 1. The van der Waals surface area contributed by atoms with Crippen LogP contribution >= 0.6 is 0 Å². The minimum atomic E-state index is -0.520. The van der Waals surface area contributed by atoms with Crippen molar-refractivity contribution < 1.29 is 23.9 Å². The number of fused-ring (bicyclic) bond motifs is 2. The summed E-state index contributed by atoms with van der Waals surface area (Å²) in [5.41, 5.74) is 4.21. The van der Waals surface area contributed by atoms with Gasteiger partial charge < -0.3 is 14.4 Å². The number of pyridine rings is 1. The van der Waals surface area contributed by atoms with E-state index < -0.39 is 5.97 Å². The number of esters is 2. The molecule has 38 heavy (non-hydrogen) atoms. The summed E-state index contributed by atoms with van der Waals surface area (Å²) in [4.78, 5) is 47.4. The second-order valence-corrected chi connectivity index (χ2v) is 9.88. The summed E-state index contributed by atoms with van der Waals surface area (Å²) in [7, 11) is 0. The number of aromatic nitrogens is 1. The molecular weight excluding hydrogens is 482 g/mol. The van der Waals surface area contributed by atoms with Gasteiger partial charge in [-0.05, 0) is 31.4 Å². The van der Waals surface area contributed by atoms with Gasteiger partial charge in [-0.2, -0.15) is 0 Å². The van der Waals surface area contributed by atoms with Crippen molar-refractivity contribution in [1.29, 1.82) is 0 Å². The first-order chi connectivity index (χ1) is 18.5. The van der Waals surface area contributed by atoms with E-state index in [2.05, 4.69) is 17.0 Å². The monoisotopic (exact) mass is 515 g/mol. The Morgan fingerprint density at radius 2 is 1.79 bits per heavy atom. The van der Waals surface area contributed by atoms with Gasteiger partial charge in [0.05, 0.1) is 23.6 Å². The molecule has 1 atom stereocenters. The van der Waals surface area contributed by atoms with E-state index in [1.54, 1.807) is 11.8 Å². The Balaban J connectivity index is 1.33. The highest BCUT2D eigenvalue weighted by Gasteiger charge is 2.31. The highest BCUT2D eigenvalue weighted by atomic mass is 16.5. The summed E-state index contributed by atoms with van der Waals surface area (Å²) in [6.07, 6.45) is 2.13. The van der Waals surface area contributed by atoms with Gasteiger partial charge in [0.1, 0.15) is 0 Å². The van der Waals surface area contributed by atoms with E-state index >= 15 is 0 Å². The predicted octanol–water partition coefficient (Wildman–Crippen LogP) is 3.75. The van der Waals surface area contributed by atoms with E-state index in [9.17, 15) is 14.4 Å². The normalized spacial score (nSPS) is 17.6. The van der Waals surface area contributed by atoms with Crippen molar-refractivity contribution in [3.8, 4) is 0 Å². The fourth-order valence-electron chi connectivity index (χ4n) is 5.40. The predicted molar refractivity (Wildman–Crippen MR) is 142 cm³/mol. The lowest BCUT2D eigenvalue weighted by Gasteiger charge is -2.31. The Labute approximate surface area is 222 Å². The highest BCUT2D eigenvalue weighted by Crippen LogP contribution is 2.29. The number of rotatable bonds is 7. The maximum atomic E-state index is 13.5. The standard InChI is InChI=1S/C30H33N3O5/c1-2-37-29(35)22-11-8-15-33(18-22)27(34)20-38-30(36)28-23-12-6-7-13-25(23)31-26-14-16-32(19-24(26)28)17-21-9-4-3-5-10-21/h3-7,9-10,12-13,22H,2,8,11,14-20H2,1H3. The number of piperidine rings is 1. The van der Waals surface area contributed by atoms with E-state index in [-0.39, 0.29) is 30.9 Å². The number of carbonyl (C=O) groups is 3. The van der Waals surface area contributed by atoms with Crippen molar-refractivity contribution in [2.75, 3.05) is 32.8 Å². The molecule has 5 rings (SSSR count). The molecule has 2 aliphatic rings. The van der Waals surface area contributed by atoms with Crippen LogP contribution in [0.2, 0.25) is 0 Å². The lowest BCUT2D eigenvalue weighted by molar-refractivity contribution is -0.151. The number of hydrogen-bond donors (Lipinski definition) is 0. The van der Waals surface area contributed by atoms with Crippen LogP contribution in [0.1, 0.15) is 46.9 Å². The Bertz CT molecular complexity index is 1330. The zero-order chi connectivity index (χ0) is 26.5. The lowest BCUT2D eigenvalue weighted by Crippen LogP contribution is -2.44. The summed E-state index contributed by atoms with van der Waals surface area (Å²) < 4.78 is 10.8. The van der Waals surface area contributed by atoms with Crippen LogP contribution in [0, 0.1) is 5.92 Å². The van der Waals surface area contributed by atoms with Gasteiger partial charge in [0.15, 0.2) is 6.61 Å². The van der Waals surface area contributed by atoms with E-state index in [4.69, 9.17) is 14.5 Å². The Morgan fingerprint density at radius 3 is 2.61 bits per heavy atom. The Kier molecular flexibility index (Phi) is 7.98. The van der Waals surface area contributed by atoms with E-state index in [1.807, 2.05) is 42.5 Å². The quantitative estimate of drug-likeness (QED) is 0.443. The van der Waals surface area contributed by atoms with Gasteiger partial charge in [0, 0.05) is 55.8 Å². The fourth-order valence-corrected chi connectivity index (χ4v) is 5.40. The average Bonchev–Trinajstić information content (AvgIpc) is 2.95. The maximum Gasteiger partial charge on any atom is 0.339 e. The van der Waals surface area contributed by atoms with Gasteiger partial charge in [0.25, 0.3) is 5.91 Å². The van der Waals surface area contributed by atoms with Gasteiger partial charge in [-0.15, -0.1) is 0 Å². The Hall–Kier alpha value is -3.78. The molecule has 0 spiro atoms. The molecule has 1 amide bonds. The number of hydrogen-bond acceptors (Lipinski definition) is 7. The smallest absolute Gasteiger partial charge is 0.339 e. The summed E-state index contributed by atoms with van der Waals surface area (Å²) in [5, 5.41) is 0.727. The lowest BCUT2D eigenvalue weighted by atomic mass is 9.95. The number of ether oxygens (including phenoxy) is 2. The van der Waals surface area contributed by atoms with E-state index in [1.165, 1.54) is 5.56 Å². The molecule has 198 valence electrons. The van der Waals surface area contributed by atoms with Gasteiger partial charge in [-0.1, -0.05) is 48.5 Å². The van der Waals surface area contributed by atoms with Crippen LogP contribution in [0.25, 0.3) is 10.9 Å². The third-order valence-corrected chi connectivity index (χ3v) is 7.30. The van der Waals surface area contributed by atoms with E-state index in [0.717, 1.165) is 41.7 Å². The number of likely N-dealkylation sites (tertiary alicyclic amines) is 1. The second-order valence-electron chi connectivity index (χ2n) is 9.88. The van der Waals surface area contributed by atoms with Crippen molar-refractivity contribution in [1.82, 2.24) is 14.8 Å². The molecule has 0 bridgehead atoms. The third kappa shape index (κ3) is 5.70. The average molecular weight is 516 g/mol. The molecule has 3 heterocycles. The number of carbonyl (C=O) groups excluding carboxylic acids is 3. The van der Waals surface area contributed by atoms with Gasteiger partial charge in [-0.3, -0.25) is 19.5 Å². The summed E-state index contributed by atoms with van der Waals surface area (Å²) in [5.74, 6) is -1.44. The van der Waals surface area contributed by atoms with Gasteiger partial charge in [0.2, 0.25) is 0 Å².